The Hall–Kier alpha value is -3.20. The number of methoxy groups -OCH3 is 1. The summed E-state index contributed by atoms with van der Waals surface area (Å²) >= 11 is 0. The number of H-pyrrole nitrogens is 1. The number of hydrogen-bond donors (Lipinski definition) is 1. The van der Waals surface area contributed by atoms with Crippen LogP contribution in [-0.4, -0.2) is 78.9 Å². The number of aromatic nitrogens is 1. The number of fused-ring (bicyclic) bond motifs is 2. The lowest BCUT2D eigenvalue weighted by molar-refractivity contribution is -0.188. The predicted molar refractivity (Wildman–Crippen MR) is 134 cm³/mol. The van der Waals surface area contributed by atoms with Crippen molar-refractivity contribution in [1.82, 2.24) is 14.8 Å². The molecule has 36 heavy (non-hydrogen) atoms. The summed E-state index contributed by atoms with van der Waals surface area (Å²) in [6, 6.07) is 15.1. The average molecular weight is 490 g/mol. The Kier molecular flexibility index (Phi) is 6.03. The molecule has 1 aromatic heterocycles. The molecule has 1 spiro atoms. The van der Waals surface area contributed by atoms with Crippen LogP contribution in [0.5, 0.6) is 0 Å². The van der Waals surface area contributed by atoms with Crippen LogP contribution < -0.4 is 0 Å². The smallest absolute Gasteiger partial charge is 0.254 e. The van der Waals surface area contributed by atoms with E-state index in [0.29, 0.717) is 57.9 Å². The number of piperidine rings is 1. The van der Waals surface area contributed by atoms with Crippen LogP contribution in [0.15, 0.2) is 54.7 Å². The molecule has 0 aliphatic carbocycles. The quantitative estimate of drug-likeness (QED) is 0.594. The van der Waals surface area contributed by atoms with Gasteiger partial charge in [-0.3, -0.25) is 9.59 Å². The number of nitrogens with one attached hydrogen (secondary N) is 1. The van der Waals surface area contributed by atoms with Gasteiger partial charge in [-0.1, -0.05) is 36.4 Å². The van der Waals surface area contributed by atoms with Crippen molar-refractivity contribution in [1.29, 1.82) is 0 Å². The third-order valence-corrected chi connectivity index (χ3v) is 7.83. The molecule has 0 bridgehead atoms. The number of ether oxygens (including phenoxy) is 3. The summed E-state index contributed by atoms with van der Waals surface area (Å²) in [5, 5.41) is 1.01. The van der Waals surface area contributed by atoms with Gasteiger partial charge in [0.1, 0.15) is 0 Å². The highest BCUT2D eigenvalue weighted by Crippen LogP contribution is 2.46. The lowest BCUT2D eigenvalue weighted by Gasteiger charge is -2.45. The number of benzene rings is 2. The molecule has 8 heteroatoms. The molecule has 8 nitrogen and oxygen atoms in total. The Labute approximate surface area is 210 Å². The molecule has 4 heterocycles. The topological polar surface area (TPSA) is 84.1 Å². The van der Waals surface area contributed by atoms with Gasteiger partial charge in [-0.2, -0.15) is 0 Å². The second-order valence-electron chi connectivity index (χ2n) is 9.72. The molecule has 2 unspecified atom stereocenters. The highest BCUT2D eigenvalue weighted by atomic mass is 16.7. The summed E-state index contributed by atoms with van der Waals surface area (Å²) in [4.78, 5) is 35.2. The first-order chi connectivity index (χ1) is 17.6. The van der Waals surface area contributed by atoms with Crippen molar-refractivity contribution in [3.8, 4) is 0 Å². The predicted octanol–water partition coefficient (Wildman–Crippen LogP) is 3.46. The van der Waals surface area contributed by atoms with Crippen LogP contribution in [0.2, 0.25) is 0 Å². The molecule has 2 amide bonds. The van der Waals surface area contributed by atoms with Gasteiger partial charge in [0.15, 0.2) is 5.79 Å². The Morgan fingerprint density at radius 3 is 2.56 bits per heavy atom. The van der Waals surface area contributed by atoms with E-state index >= 15 is 0 Å². The van der Waals surface area contributed by atoms with Crippen LogP contribution in [0.25, 0.3) is 10.9 Å². The standard InChI is InChI=1S/C28H31N3O5/c1-34-15-14-31-25(22-18-29-23-9-5-4-6-19(22)23)24(20-7-2-3-8-21(20)26(31)32)27(33)30-12-10-28(11-13-30)35-16-17-36-28/h2-9,18,24-25,29H,10-17H2,1H3. The van der Waals surface area contributed by atoms with E-state index in [1.54, 1.807) is 7.11 Å². The third-order valence-electron chi connectivity index (χ3n) is 7.83. The van der Waals surface area contributed by atoms with Crippen molar-refractivity contribution in [3.63, 3.8) is 0 Å². The summed E-state index contributed by atoms with van der Waals surface area (Å²) in [7, 11) is 1.63. The van der Waals surface area contributed by atoms with Crippen LogP contribution in [0, 0.1) is 0 Å². The lowest BCUT2D eigenvalue weighted by atomic mass is 9.78. The van der Waals surface area contributed by atoms with Gasteiger partial charge in [0.05, 0.1) is 31.8 Å². The van der Waals surface area contributed by atoms with E-state index in [0.717, 1.165) is 22.0 Å². The number of para-hydroxylation sites is 1. The van der Waals surface area contributed by atoms with Crippen molar-refractivity contribution in [2.45, 2.75) is 30.6 Å². The molecule has 2 atom stereocenters. The summed E-state index contributed by atoms with van der Waals surface area (Å²) in [5.74, 6) is -1.14. The SMILES string of the molecule is COCCN1C(=O)c2ccccc2C(C(=O)N2CCC3(CC2)OCCO3)C1c1c[nH]c2ccccc12. The van der Waals surface area contributed by atoms with Crippen molar-refractivity contribution in [2.24, 2.45) is 0 Å². The van der Waals surface area contributed by atoms with Crippen LogP contribution >= 0.6 is 0 Å². The van der Waals surface area contributed by atoms with Gasteiger partial charge in [0.25, 0.3) is 5.91 Å². The normalized spacial score (nSPS) is 23.4. The monoisotopic (exact) mass is 489 g/mol. The fourth-order valence-electron chi connectivity index (χ4n) is 6.03. The van der Waals surface area contributed by atoms with Crippen LogP contribution in [0.4, 0.5) is 0 Å². The van der Waals surface area contributed by atoms with E-state index in [-0.39, 0.29) is 11.8 Å². The number of carbonyl (C=O) groups is 2. The van der Waals surface area contributed by atoms with Crippen LogP contribution in [-0.2, 0) is 19.0 Å². The Bertz CT molecular complexity index is 1270. The minimum atomic E-state index is -0.558. The molecular weight excluding hydrogens is 458 g/mol. The first kappa shape index (κ1) is 23.2. The number of carbonyl (C=O) groups excluding carboxylic acids is 2. The molecule has 1 N–H and O–H groups in total. The van der Waals surface area contributed by atoms with E-state index in [2.05, 4.69) is 4.98 Å². The first-order valence-electron chi connectivity index (χ1n) is 12.6. The highest BCUT2D eigenvalue weighted by molar-refractivity contribution is 6.02. The minimum absolute atomic E-state index is 0.0282. The molecule has 6 rings (SSSR count). The fourth-order valence-corrected chi connectivity index (χ4v) is 6.03. The molecule has 3 aliphatic rings. The molecule has 2 saturated heterocycles. The maximum Gasteiger partial charge on any atom is 0.254 e. The summed E-state index contributed by atoms with van der Waals surface area (Å²) < 4.78 is 17.1. The summed E-state index contributed by atoms with van der Waals surface area (Å²) in [6.45, 7) is 3.09. The van der Waals surface area contributed by atoms with Crippen molar-refractivity contribution in [3.05, 3.63) is 71.4 Å². The van der Waals surface area contributed by atoms with Gasteiger partial charge < -0.3 is 29.0 Å². The molecule has 0 radical (unpaired) electrons. The molecule has 2 fully saturated rings. The van der Waals surface area contributed by atoms with E-state index in [1.165, 1.54) is 0 Å². The Morgan fingerprint density at radius 1 is 1.06 bits per heavy atom. The third kappa shape index (κ3) is 3.80. The fraction of sp³-hybridized carbons (Fsp3) is 0.429. The van der Waals surface area contributed by atoms with E-state index in [9.17, 15) is 9.59 Å². The average Bonchev–Trinajstić information content (AvgIpc) is 3.55. The molecule has 188 valence electrons. The lowest BCUT2D eigenvalue weighted by Crippen LogP contribution is -2.52. The maximum absolute atomic E-state index is 14.4. The number of rotatable bonds is 5. The maximum atomic E-state index is 14.4. The number of aromatic amines is 1. The van der Waals surface area contributed by atoms with Crippen molar-refractivity contribution >= 4 is 22.7 Å². The van der Waals surface area contributed by atoms with Gasteiger partial charge >= 0.3 is 0 Å². The van der Waals surface area contributed by atoms with Crippen molar-refractivity contribution < 1.29 is 23.8 Å². The number of hydrogen-bond acceptors (Lipinski definition) is 5. The van der Waals surface area contributed by atoms with Gasteiger partial charge in [0.2, 0.25) is 5.91 Å². The zero-order valence-electron chi connectivity index (χ0n) is 20.4. The molecule has 2 aromatic carbocycles. The highest BCUT2D eigenvalue weighted by Gasteiger charge is 2.48. The molecule has 0 saturated carbocycles. The molecule has 3 aromatic rings. The van der Waals surface area contributed by atoms with E-state index in [4.69, 9.17) is 14.2 Å². The van der Waals surface area contributed by atoms with Crippen LogP contribution in [0.1, 0.15) is 46.3 Å². The number of amides is 2. The van der Waals surface area contributed by atoms with Crippen molar-refractivity contribution in [2.75, 3.05) is 46.6 Å². The number of likely N-dealkylation sites (tertiary alicyclic amines) is 1. The van der Waals surface area contributed by atoms with Gasteiger partial charge in [-0.15, -0.1) is 0 Å². The summed E-state index contributed by atoms with van der Waals surface area (Å²) in [5.41, 5.74) is 3.29. The first-order valence-corrected chi connectivity index (χ1v) is 12.6. The minimum Gasteiger partial charge on any atom is -0.383 e. The second-order valence-corrected chi connectivity index (χ2v) is 9.72. The summed E-state index contributed by atoms with van der Waals surface area (Å²) in [6.07, 6.45) is 3.25. The molecular formula is C28H31N3O5. The van der Waals surface area contributed by atoms with Gasteiger partial charge in [-0.25, -0.2) is 0 Å². The second kappa shape index (κ2) is 9.35. The number of nitrogens with zero attached hydrogens (tertiary/aromatic N) is 2. The zero-order chi connectivity index (χ0) is 24.7. The largest absolute Gasteiger partial charge is 0.383 e. The van der Waals surface area contributed by atoms with Crippen LogP contribution in [0.3, 0.4) is 0 Å². The zero-order valence-corrected chi connectivity index (χ0v) is 20.4. The Balaban J connectivity index is 1.43. The van der Waals surface area contributed by atoms with E-state index < -0.39 is 17.7 Å². The van der Waals surface area contributed by atoms with E-state index in [1.807, 2.05) is 64.5 Å². The van der Waals surface area contributed by atoms with Gasteiger partial charge in [-0.05, 0) is 17.7 Å². The molecule has 3 aliphatic heterocycles. The Morgan fingerprint density at radius 2 is 1.78 bits per heavy atom. The van der Waals surface area contributed by atoms with Gasteiger partial charge in [0, 0.05) is 67.8 Å².